The highest BCUT2D eigenvalue weighted by Gasteiger charge is 2.21. The van der Waals surface area contributed by atoms with Crippen LogP contribution in [0.5, 0.6) is 0 Å². The number of nitrogens with one attached hydrogen (secondary N) is 2. The molecular weight excluding hydrogens is 360 g/mol. The largest absolute Gasteiger partial charge is 0.279 e. The van der Waals surface area contributed by atoms with E-state index >= 15 is 0 Å². The maximum atomic E-state index is 12.1. The second kappa shape index (κ2) is 7.98. The summed E-state index contributed by atoms with van der Waals surface area (Å²) < 4.78 is 53.4. The normalized spacial score (nSPS) is 12.7. The highest BCUT2D eigenvalue weighted by Crippen LogP contribution is 2.16. The minimum Gasteiger partial charge on any atom is -0.258 e. The summed E-state index contributed by atoms with van der Waals surface area (Å²) >= 11 is 0. The van der Waals surface area contributed by atoms with E-state index in [1.807, 2.05) is 0 Å². The van der Waals surface area contributed by atoms with Gasteiger partial charge >= 0.3 is 0 Å². The van der Waals surface area contributed by atoms with Crippen molar-refractivity contribution >= 4 is 25.9 Å². The smallest absolute Gasteiger partial charge is 0.258 e. The number of hydrogen-bond donors (Lipinski definition) is 2. The first-order valence-electron chi connectivity index (χ1n) is 6.94. The van der Waals surface area contributed by atoms with E-state index in [-0.39, 0.29) is 29.7 Å². The first kappa shape index (κ1) is 20.4. The average molecular weight is 380 g/mol. The fourth-order valence-corrected chi connectivity index (χ4v) is 3.78. The fourth-order valence-electron chi connectivity index (χ4n) is 1.59. The van der Waals surface area contributed by atoms with E-state index in [1.54, 1.807) is 13.8 Å². The van der Waals surface area contributed by atoms with E-state index in [1.165, 1.54) is 25.2 Å². The third-order valence-corrected chi connectivity index (χ3v) is 6.35. The maximum absolute atomic E-state index is 12.1. The summed E-state index contributed by atoms with van der Waals surface area (Å²) in [6.45, 7) is 3.04. The van der Waals surface area contributed by atoms with Crippen molar-refractivity contribution in [1.29, 1.82) is 0 Å². The van der Waals surface area contributed by atoms with E-state index in [9.17, 15) is 26.9 Å². The zero-order valence-electron chi connectivity index (χ0n) is 13.5. The van der Waals surface area contributed by atoms with Gasteiger partial charge in [0.05, 0.1) is 9.82 Å². The second-order valence-corrected chi connectivity index (χ2v) is 8.74. The molecule has 1 aromatic carbocycles. The number of nitro benzene ring substituents is 1. The molecule has 0 aromatic heterocycles. The number of rotatable bonds is 9. The monoisotopic (exact) mass is 380 g/mol. The summed E-state index contributed by atoms with van der Waals surface area (Å²) in [5.74, 6) is 0. The van der Waals surface area contributed by atoms with E-state index in [4.69, 9.17) is 0 Å². The molecule has 10 nitrogen and oxygen atoms in total. The van der Waals surface area contributed by atoms with Crippen molar-refractivity contribution < 1.29 is 21.8 Å². The zero-order chi connectivity index (χ0) is 18.5. The molecule has 24 heavy (non-hydrogen) atoms. The Labute approximate surface area is 141 Å². The Morgan fingerprint density at radius 3 is 2.29 bits per heavy atom. The summed E-state index contributed by atoms with van der Waals surface area (Å²) in [7, 11) is -6.27. The number of non-ortho nitro benzene ring substituents is 1. The van der Waals surface area contributed by atoms with Gasteiger partial charge in [-0.2, -0.15) is 12.7 Å². The van der Waals surface area contributed by atoms with E-state index in [2.05, 4.69) is 9.44 Å². The molecular formula is C12H20N4O6S2. The van der Waals surface area contributed by atoms with Gasteiger partial charge in [-0.3, -0.25) is 10.1 Å². The van der Waals surface area contributed by atoms with E-state index < -0.39 is 25.2 Å². The molecule has 0 atom stereocenters. The molecule has 136 valence electrons. The van der Waals surface area contributed by atoms with Gasteiger partial charge in [0.2, 0.25) is 10.0 Å². The molecule has 1 rings (SSSR count). The van der Waals surface area contributed by atoms with Crippen LogP contribution in [0.2, 0.25) is 0 Å². The van der Waals surface area contributed by atoms with Crippen LogP contribution in [0.1, 0.15) is 13.8 Å². The standard InChI is InChI=1S/C12H20N4O6S2/c1-10(2)15(3)24(21,22)14-8-7-13-23(19,20)12-6-4-5-11(9-12)16(17)18/h4-6,9-10,13-14H,7-8H2,1-3H3. The van der Waals surface area contributed by atoms with Crippen molar-refractivity contribution in [2.45, 2.75) is 24.8 Å². The highest BCUT2D eigenvalue weighted by molar-refractivity contribution is 7.89. The first-order chi connectivity index (χ1) is 11.0. The highest BCUT2D eigenvalue weighted by atomic mass is 32.2. The Morgan fingerprint density at radius 1 is 1.17 bits per heavy atom. The molecule has 0 amide bonds. The number of benzene rings is 1. The Morgan fingerprint density at radius 2 is 1.75 bits per heavy atom. The molecule has 0 saturated heterocycles. The quantitative estimate of drug-likeness (QED) is 0.352. The third kappa shape index (κ3) is 5.49. The molecule has 0 saturated carbocycles. The molecule has 0 aliphatic heterocycles. The van der Waals surface area contributed by atoms with Gasteiger partial charge in [0.1, 0.15) is 0 Å². The molecule has 0 fully saturated rings. The van der Waals surface area contributed by atoms with Crippen LogP contribution in [0.4, 0.5) is 5.69 Å². The van der Waals surface area contributed by atoms with Gasteiger partial charge in [-0.25, -0.2) is 17.9 Å². The molecule has 0 unspecified atom stereocenters. The second-order valence-electron chi connectivity index (χ2n) is 5.16. The van der Waals surface area contributed by atoms with Crippen LogP contribution < -0.4 is 9.44 Å². The topological polar surface area (TPSA) is 139 Å². The van der Waals surface area contributed by atoms with Gasteiger partial charge < -0.3 is 0 Å². The summed E-state index contributed by atoms with van der Waals surface area (Å²) in [6.07, 6.45) is 0. The average Bonchev–Trinajstić information content (AvgIpc) is 2.50. The Hall–Kier alpha value is -1.60. The number of hydrogen-bond acceptors (Lipinski definition) is 6. The zero-order valence-corrected chi connectivity index (χ0v) is 15.1. The van der Waals surface area contributed by atoms with Gasteiger partial charge in [0, 0.05) is 38.3 Å². The lowest BCUT2D eigenvalue weighted by molar-refractivity contribution is -0.385. The summed E-state index contributed by atoms with van der Waals surface area (Å²) in [6, 6.07) is 4.33. The predicted octanol–water partition coefficient (Wildman–Crippen LogP) is 0.0477. The fraction of sp³-hybridized carbons (Fsp3) is 0.500. The molecule has 0 bridgehead atoms. The van der Waals surface area contributed by atoms with Crippen molar-refractivity contribution in [2.24, 2.45) is 0 Å². The maximum Gasteiger partial charge on any atom is 0.279 e. The van der Waals surface area contributed by atoms with Gasteiger partial charge in [-0.1, -0.05) is 6.07 Å². The van der Waals surface area contributed by atoms with Crippen molar-refractivity contribution in [1.82, 2.24) is 13.7 Å². The Kier molecular flexibility index (Phi) is 6.80. The molecule has 1 aromatic rings. The number of nitrogens with zero attached hydrogens (tertiary/aromatic N) is 2. The lowest BCUT2D eigenvalue weighted by Crippen LogP contribution is -2.44. The van der Waals surface area contributed by atoms with Crippen molar-refractivity contribution in [3.63, 3.8) is 0 Å². The Balaban J connectivity index is 2.67. The first-order valence-corrected chi connectivity index (χ1v) is 9.86. The van der Waals surface area contributed by atoms with Gasteiger partial charge in [-0.05, 0) is 19.9 Å². The van der Waals surface area contributed by atoms with Gasteiger partial charge in [0.15, 0.2) is 0 Å². The summed E-state index contributed by atoms with van der Waals surface area (Å²) in [5.41, 5.74) is -0.350. The van der Waals surface area contributed by atoms with Crippen LogP contribution in [0.3, 0.4) is 0 Å². The van der Waals surface area contributed by atoms with Crippen LogP contribution in [0.25, 0.3) is 0 Å². The molecule has 0 spiro atoms. The summed E-state index contributed by atoms with van der Waals surface area (Å²) in [5, 5.41) is 10.7. The summed E-state index contributed by atoms with van der Waals surface area (Å²) in [4.78, 5) is 9.71. The lowest BCUT2D eigenvalue weighted by Gasteiger charge is -2.21. The van der Waals surface area contributed by atoms with Crippen LogP contribution in [-0.2, 0) is 20.2 Å². The van der Waals surface area contributed by atoms with Crippen molar-refractivity contribution in [2.75, 3.05) is 20.1 Å². The number of sulfonamides is 1. The van der Waals surface area contributed by atoms with Crippen LogP contribution in [0.15, 0.2) is 29.2 Å². The molecule has 0 aliphatic carbocycles. The molecule has 0 heterocycles. The van der Waals surface area contributed by atoms with E-state index in [0.717, 1.165) is 10.4 Å². The van der Waals surface area contributed by atoms with Gasteiger partial charge in [0.25, 0.3) is 15.9 Å². The third-order valence-electron chi connectivity index (χ3n) is 3.15. The minimum absolute atomic E-state index is 0.159. The molecule has 0 aliphatic rings. The molecule has 12 heteroatoms. The van der Waals surface area contributed by atoms with Crippen LogP contribution in [0, 0.1) is 10.1 Å². The predicted molar refractivity (Wildman–Crippen MR) is 88.1 cm³/mol. The molecule has 2 N–H and O–H groups in total. The van der Waals surface area contributed by atoms with Gasteiger partial charge in [-0.15, -0.1) is 0 Å². The lowest BCUT2D eigenvalue weighted by atomic mass is 10.3. The SMILES string of the molecule is CC(C)N(C)S(=O)(=O)NCCNS(=O)(=O)c1cccc([N+](=O)[O-])c1. The van der Waals surface area contributed by atoms with Crippen molar-refractivity contribution in [3.8, 4) is 0 Å². The van der Waals surface area contributed by atoms with Crippen molar-refractivity contribution in [3.05, 3.63) is 34.4 Å². The minimum atomic E-state index is -3.97. The Bertz CT molecular complexity index is 792. The van der Waals surface area contributed by atoms with E-state index in [0.29, 0.717) is 0 Å². The van der Waals surface area contributed by atoms with Crippen LogP contribution in [-0.4, -0.2) is 52.2 Å². The number of nitro groups is 1. The van der Waals surface area contributed by atoms with Crippen LogP contribution >= 0.6 is 0 Å². The molecule has 0 radical (unpaired) electrons.